The van der Waals surface area contributed by atoms with E-state index in [1.54, 1.807) is 30.3 Å². The van der Waals surface area contributed by atoms with E-state index in [4.69, 9.17) is 27.9 Å². The smallest absolute Gasteiger partial charge is 0.403 e. The quantitative estimate of drug-likeness (QED) is 0.340. The van der Waals surface area contributed by atoms with Crippen molar-refractivity contribution in [3.05, 3.63) is 74.9 Å². The molecule has 4 nitrogen and oxygen atoms in total. The molecule has 30 heavy (non-hydrogen) atoms. The lowest BCUT2D eigenvalue weighted by molar-refractivity contribution is -0.137. The molecule has 0 saturated heterocycles. The first-order valence-corrected chi connectivity index (χ1v) is 11.1. The summed E-state index contributed by atoms with van der Waals surface area (Å²) in [6.45, 7) is 0. The maximum atomic E-state index is 13.1. The largest absolute Gasteiger partial charge is 0.416 e. The number of rotatable bonds is 3. The number of ether oxygens (including phenoxy) is 1. The number of carbonyl (C=O) groups is 1. The maximum absolute atomic E-state index is 13.1. The molecular weight excluding hydrogens is 460 g/mol. The minimum Gasteiger partial charge on any atom is -0.403 e. The van der Waals surface area contributed by atoms with Crippen molar-refractivity contribution in [3.8, 4) is 11.6 Å². The summed E-state index contributed by atoms with van der Waals surface area (Å²) < 4.78 is 46.1. The Morgan fingerprint density at radius 1 is 1.13 bits per heavy atom. The van der Waals surface area contributed by atoms with E-state index in [0.29, 0.717) is 28.3 Å². The van der Waals surface area contributed by atoms with Gasteiger partial charge in [0.1, 0.15) is 5.69 Å². The van der Waals surface area contributed by atoms with Gasteiger partial charge in [0.25, 0.3) is 0 Å². The van der Waals surface area contributed by atoms with Gasteiger partial charge in [-0.1, -0.05) is 47.3 Å². The van der Waals surface area contributed by atoms with Gasteiger partial charge in [0.05, 0.1) is 26.9 Å². The van der Waals surface area contributed by atoms with Gasteiger partial charge in [0.2, 0.25) is 5.88 Å². The monoisotopic (exact) mass is 472 g/mol. The first kappa shape index (κ1) is 21.0. The Bertz CT molecular complexity index is 1150. The van der Waals surface area contributed by atoms with Crippen LogP contribution in [0.5, 0.6) is 5.88 Å². The fraction of sp³-hybridized carbons (Fsp3) is 0.150. The van der Waals surface area contributed by atoms with Gasteiger partial charge in [-0.2, -0.15) is 33.4 Å². The SMILES string of the molecule is C=S1Cc2nn(-c3c(Cl)cc(C(F)(F)F)cc3Cl)c(OC(=O)c3ccccc3)c2C1. The number of halogens is 5. The molecule has 1 atom stereocenters. The predicted octanol–water partition coefficient (Wildman–Crippen LogP) is 6.13. The molecule has 0 fully saturated rings. The first-order valence-electron chi connectivity index (χ1n) is 8.57. The van der Waals surface area contributed by atoms with Gasteiger partial charge in [-0.25, -0.2) is 4.79 Å². The number of hydrogen-bond donors (Lipinski definition) is 0. The standard InChI is InChI=1S/C20H13Cl2F3N2O2S/c1-30-9-13-16(10-30)26-27(18(13)29-19(28)11-5-3-2-4-6-11)17-14(21)7-12(8-15(17)22)20(23,24)25/h2-8H,1,9-10H2. The molecule has 10 heteroatoms. The number of alkyl halides is 3. The molecule has 0 amide bonds. The predicted molar refractivity (Wildman–Crippen MR) is 112 cm³/mol. The van der Waals surface area contributed by atoms with Crippen molar-refractivity contribution >= 4 is 45.5 Å². The van der Waals surface area contributed by atoms with E-state index in [1.165, 1.54) is 4.68 Å². The lowest BCUT2D eigenvalue weighted by atomic mass is 10.2. The van der Waals surface area contributed by atoms with Crippen molar-refractivity contribution in [1.29, 1.82) is 0 Å². The van der Waals surface area contributed by atoms with Crippen LogP contribution in [0, 0.1) is 0 Å². The molecule has 2 heterocycles. The maximum Gasteiger partial charge on any atom is 0.416 e. The molecule has 3 aromatic rings. The van der Waals surface area contributed by atoms with Gasteiger partial charge in [-0.15, -0.1) is 0 Å². The summed E-state index contributed by atoms with van der Waals surface area (Å²) in [5.41, 5.74) is 0.666. The fourth-order valence-electron chi connectivity index (χ4n) is 3.10. The number of benzene rings is 2. The molecule has 0 spiro atoms. The number of carbonyl (C=O) groups excluding carboxylic acids is 1. The van der Waals surface area contributed by atoms with Crippen molar-refractivity contribution in [1.82, 2.24) is 9.78 Å². The molecule has 0 saturated carbocycles. The zero-order valence-corrected chi connectivity index (χ0v) is 17.5. The van der Waals surface area contributed by atoms with E-state index >= 15 is 0 Å². The van der Waals surface area contributed by atoms with E-state index in [1.807, 2.05) is 0 Å². The van der Waals surface area contributed by atoms with Gasteiger partial charge in [0.15, 0.2) is 0 Å². The van der Waals surface area contributed by atoms with Crippen LogP contribution in [0.2, 0.25) is 10.0 Å². The lowest BCUT2D eigenvalue weighted by Gasteiger charge is -2.15. The van der Waals surface area contributed by atoms with Crippen molar-refractivity contribution in [2.45, 2.75) is 17.7 Å². The molecule has 0 bridgehead atoms. The molecular formula is C20H13Cl2F3N2O2S. The van der Waals surface area contributed by atoms with Crippen LogP contribution in [-0.2, 0) is 17.7 Å². The summed E-state index contributed by atoms with van der Waals surface area (Å²) in [6, 6.07) is 9.86. The number of aromatic nitrogens is 2. The van der Waals surface area contributed by atoms with Gasteiger partial charge < -0.3 is 4.74 Å². The first-order chi connectivity index (χ1) is 14.1. The van der Waals surface area contributed by atoms with Gasteiger partial charge in [0, 0.05) is 17.1 Å². The van der Waals surface area contributed by atoms with E-state index < -0.39 is 17.7 Å². The normalized spacial score (nSPS) is 15.8. The molecule has 156 valence electrons. The van der Waals surface area contributed by atoms with Crippen LogP contribution < -0.4 is 4.74 Å². The Kier molecular flexibility index (Phi) is 5.42. The molecule has 0 N–H and O–H groups in total. The second-order valence-electron chi connectivity index (χ2n) is 6.59. The van der Waals surface area contributed by atoms with Crippen LogP contribution >= 0.6 is 33.7 Å². The summed E-state index contributed by atoms with van der Waals surface area (Å²) >= 11 is 12.3. The Hall–Kier alpha value is -2.29. The average molecular weight is 473 g/mol. The van der Waals surface area contributed by atoms with E-state index in [0.717, 1.165) is 12.1 Å². The summed E-state index contributed by atoms with van der Waals surface area (Å²) in [4.78, 5) is 12.6. The minimum absolute atomic E-state index is 0.0144. The van der Waals surface area contributed by atoms with Crippen molar-refractivity contribution in [2.24, 2.45) is 0 Å². The Morgan fingerprint density at radius 2 is 1.77 bits per heavy atom. The molecule has 1 unspecified atom stereocenters. The van der Waals surface area contributed by atoms with Crippen molar-refractivity contribution in [3.63, 3.8) is 0 Å². The van der Waals surface area contributed by atoms with Crippen LogP contribution in [0.25, 0.3) is 5.69 Å². The minimum atomic E-state index is -4.61. The highest BCUT2D eigenvalue weighted by molar-refractivity contribution is 8.12. The van der Waals surface area contributed by atoms with Gasteiger partial charge in [-0.3, -0.25) is 0 Å². The molecule has 4 rings (SSSR count). The van der Waals surface area contributed by atoms with Crippen LogP contribution in [-0.4, -0.2) is 21.6 Å². The number of nitrogens with zero attached hydrogens (tertiary/aromatic N) is 2. The van der Waals surface area contributed by atoms with E-state index in [-0.39, 0.29) is 32.1 Å². The summed E-state index contributed by atoms with van der Waals surface area (Å²) in [5.74, 6) is 4.59. The number of esters is 1. The second-order valence-corrected chi connectivity index (χ2v) is 9.20. The van der Waals surface area contributed by atoms with Crippen LogP contribution in [0.3, 0.4) is 0 Å². The number of fused-ring (bicyclic) bond motifs is 1. The van der Waals surface area contributed by atoms with Crippen molar-refractivity contribution < 1.29 is 22.7 Å². The summed E-state index contributed by atoms with van der Waals surface area (Å²) in [5, 5.41) is 3.90. The average Bonchev–Trinajstić information content (AvgIpc) is 3.18. The summed E-state index contributed by atoms with van der Waals surface area (Å²) in [6.07, 6.45) is -4.61. The van der Waals surface area contributed by atoms with E-state index in [2.05, 4.69) is 11.0 Å². The van der Waals surface area contributed by atoms with Crippen LogP contribution in [0.4, 0.5) is 13.2 Å². The van der Waals surface area contributed by atoms with Gasteiger partial charge in [-0.05, 0) is 24.3 Å². The highest BCUT2D eigenvalue weighted by Crippen LogP contribution is 2.44. The highest BCUT2D eigenvalue weighted by atomic mass is 35.5. The Morgan fingerprint density at radius 3 is 2.37 bits per heavy atom. The third-order valence-electron chi connectivity index (χ3n) is 4.46. The topological polar surface area (TPSA) is 44.1 Å². The van der Waals surface area contributed by atoms with E-state index in [9.17, 15) is 18.0 Å². The molecule has 1 aliphatic rings. The fourth-order valence-corrected chi connectivity index (χ4v) is 5.16. The highest BCUT2D eigenvalue weighted by Gasteiger charge is 2.34. The molecule has 0 radical (unpaired) electrons. The zero-order valence-electron chi connectivity index (χ0n) is 15.2. The number of hydrogen-bond acceptors (Lipinski definition) is 3. The molecule has 2 aromatic carbocycles. The van der Waals surface area contributed by atoms with Crippen LogP contribution in [0.15, 0.2) is 42.5 Å². The molecule has 1 aromatic heterocycles. The van der Waals surface area contributed by atoms with Crippen molar-refractivity contribution in [2.75, 3.05) is 0 Å². The second kappa shape index (κ2) is 7.76. The third kappa shape index (κ3) is 3.87. The molecule has 1 aliphatic heterocycles. The third-order valence-corrected chi connectivity index (χ3v) is 6.42. The summed E-state index contributed by atoms with van der Waals surface area (Å²) in [7, 11) is -0.230. The van der Waals surface area contributed by atoms with Crippen LogP contribution in [0.1, 0.15) is 27.2 Å². The lowest BCUT2D eigenvalue weighted by Crippen LogP contribution is -2.13. The van der Waals surface area contributed by atoms with Gasteiger partial charge >= 0.3 is 12.1 Å². The zero-order chi connectivity index (χ0) is 21.6. The Balaban J connectivity index is 1.83. The Labute approximate surface area is 182 Å². The molecule has 0 aliphatic carbocycles.